The van der Waals surface area contributed by atoms with Crippen molar-refractivity contribution in [3.05, 3.63) is 75.1 Å². The summed E-state index contributed by atoms with van der Waals surface area (Å²) in [7, 11) is 0. The van der Waals surface area contributed by atoms with Crippen molar-refractivity contribution < 1.29 is 9.59 Å². The van der Waals surface area contributed by atoms with Gasteiger partial charge in [0.05, 0.1) is 4.70 Å². The molecule has 0 fully saturated rings. The first-order chi connectivity index (χ1) is 11.6. The van der Waals surface area contributed by atoms with E-state index in [0.29, 0.717) is 28.5 Å². The van der Waals surface area contributed by atoms with Crippen molar-refractivity contribution in [2.45, 2.75) is 13.5 Å². The first-order valence-electron chi connectivity index (χ1n) is 7.31. The number of fused-ring (bicyclic) bond motifs is 1. The van der Waals surface area contributed by atoms with Crippen molar-refractivity contribution in [1.29, 1.82) is 0 Å². The molecule has 0 aliphatic rings. The molecule has 2 aromatic carbocycles. The molecule has 6 heteroatoms. The maximum atomic E-state index is 12.5. The molecular formula is C18H14N2O3S. The lowest BCUT2D eigenvalue weighted by Gasteiger charge is -2.05. The van der Waals surface area contributed by atoms with E-state index >= 15 is 0 Å². The third kappa shape index (κ3) is 3.23. The van der Waals surface area contributed by atoms with E-state index in [1.54, 1.807) is 12.1 Å². The second-order valence-electron chi connectivity index (χ2n) is 5.40. The maximum Gasteiger partial charge on any atom is 0.275 e. The summed E-state index contributed by atoms with van der Waals surface area (Å²) in [6.07, 6.45) is 0.668. The van der Waals surface area contributed by atoms with E-state index in [0.717, 1.165) is 22.7 Å². The Morgan fingerprint density at radius 1 is 1.21 bits per heavy atom. The molecule has 1 N–H and O–H groups in total. The van der Waals surface area contributed by atoms with Gasteiger partial charge < -0.3 is 5.32 Å². The number of nitrogens with one attached hydrogen (secondary N) is 1. The lowest BCUT2D eigenvalue weighted by molar-refractivity contribution is 0.0945. The molecule has 0 radical (unpaired) electrons. The van der Waals surface area contributed by atoms with E-state index in [1.807, 2.05) is 31.2 Å². The van der Waals surface area contributed by atoms with E-state index in [2.05, 4.69) is 9.69 Å². The molecule has 0 aliphatic carbocycles. The number of nitrogens with zero attached hydrogens (tertiary/aromatic N) is 1. The van der Waals surface area contributed by atoms with Crippen LogP contribution < -0.4 is 10.7 Å². The van der Waals surface area contributed by atoms with Crippen LogP contribution in [0.1, 0.15) is 32.0 Å². The zero-order valence-corrected chi connectivity index (χ0v) is 13.7. The molecule has 0 atom stereocenters. The summed E-state index contributed by atoms with van der Waals surface area (Å²) in [6, 6.07) is 12.5. The van der Waals surface area contributed by atoms with Gasteiger partial charge in [-0.3, -0.25) is 14.4 Å². The Bertz CT molecular complexity index is 978. The lowest BCUT2D eigenvalue weighted by Crippen LogP contribution is -2.29. The molecule has 0 unspecified atom stereocenters. The summed E-state index contributed by atoms with van der Waals surface area (Å²) in [4.78, 5) is 35.6. The third-order valence-electron chi connectivity index (χ3n) is 3.62. The first-order valence-corrected chi connectivity index (χ1v) is 8.08. The predicted octanol–water partition coefficient (Wildman–Crippen LogP) is 2.71. The summed E-state index contributed by atoms with van der Waals surface area (Å²) in [6.45, 7) is 2.30. The number of carbonyl (C=O) groups is 2. The van der Waals surface area contributed by atoms with Gasteiger partial charge in [-0.1, -0.05) is 35.9 Å². The molecule has 1 heterocycles. The average Bonchev–Trinajstić information content (AvgIpc) is 2.61. The number of aryl methyl sites for hydroxylation is 1. The molecule has 0 bridgehead atoms. The Hall–Kier alpha value is -2.86. The van der Waals surface area contributed by atoms with Gasteiger partial charge in [-0.05, 0) is 36.2 Å². The molecule has 1 aromatic heterocycles. The van der Waals surface area contributed by atoms with E-state index < -0.39 is 11.3 Å². The van der Waals surface area contributed by atoms with Crippen LogP contribution in [-0.2, 0) is 6.54 Å². The quantitative estimate of drug-likeness (QED) is 0.742. The largest absolute Gasteiger partial charge is 0.346 e. The summed E-state index contributed by atoms with van der Waals surface area (Å²) in [5.74, 6) is -0.518. The topological polar surface area (TPSA) is 76.1 Å². The minimum atomic E-state index is -0.518. The number of aromatic nitrogens is 1. The zero-order chi connectivity index (χ0) is 17.1. The number of amides is 1. The van der Waals surface area contributed by atoms with Gasteiger partial charge in [0.2, 0.25) is 5.43 Å². The van der Waals surface area contributed by atoms with Gasteiger partial charge in [-0.2, -0.15) is 4.37 Å². The molecule has 24 heavy (non-hydrogen) atoms. The van der Waals surface area contributed by atoms with Crippen LogP contribution in [0.5, 0.6) is 0 Å². The summed E-state index contributed by atoms with van der Waals surface area (Å²) >= 11 is 1.06. The van der Waals surface area contributed by atoms with Gasteiger partial charge in [-0.15, -0.1) is 0 Å². The zero-order valence-electron chi connectivity index (χ0n) is 12.9. The summed E-state index contributed by atoms with van der Waals surface area (Å²) < 4.78 is 4.66. The van der Waals surface area contributed by atoms with Crippen LogP contribution in [-0.4, -0.2) is 16.6 Å². The number of hydrogen-bond donors (Lipinski definition) is 1. The fourth-order valence-electron chi connectivity index (χ4n) is 2.26. The average molecular weight is 338 g/mol. The highest BCUT2D eigenvalue weighted by molar-refractivity contribution is 7.12. The Balaban J connectivity index is 1.86. The second-order valence-corrected chi connectivity index (χ2v) is 6.21. The van der Waals surface area contributed by atoms with Gasteiger partial charge >= 0.3 is 0 Å². The molecule has 3 rings (SSSR count). The van der Waals surface area contributed by atoms with E-state index in [-0.39, 0.29) is 5.69 Å². The normalized spacial score (nSPS) is 10.5. The SMILES string of the molecule is Cc1ccc(CNC(=O)c2nsc3ccc(C=O)cc3c2=O)cc1. The molecule has 1 amide bonds. The van der Waals surface area contributed by atoms with Gasteiger partial charge in [0.15, 0.2) is 5.69 Å². The highest BCUT2D eigenvalue weighted by Crippen LogP contribution is 2.15. The van der Waals surface area contributed by atoms with E-state index in [4.69, 9.17) is 0 Å². The molecule has 0 saturated carbocycles. The second kappa shape index (κ2) is 6.72. The summed E-state index contributed by atoms with van der Waals surface area (Å²) in [5.41, 5.74) is 1.85. The molecule has 0 saturated heterocycles. The Morgan fingerprint density at radius 2 is 1.96 bits per heavy atom. The van der Waals surface area contributed by atoms with Crippen LogP contribution in [0, 0.1) is 6.92 Å². The smallest absolute Gasteiger partial charge is 0.275 e. The van der Waals surface area contributed by atoms with Crippen LogP contribution in [0.25, 0.3) is 10.1 Å². The van der Waals surface area contributed by atoms with Gasteiger partial charge in [-0.25, -0.2) is 0 Å². The number of benzene rings is 2. The lowest BCUT2D eigenvalue weighted by atomic mass is 10.1. The van der Waals surface area contributed by atoms with Crippen LogP contribution in [0.2, 0.25) is 0 Å². The molecule has 0 spiro atoms. The monoisotopic (exact) mass is 338 g/mol. The fraction of sp³-hybridized carbons (Fsp3) is 0.111. The summed E-state index contributed by atoms with van der Waals surface area (Å²) in [5, 5.41) is 3.04. The van der Waals surface area contributed by atoms with Crippen molar-refractivity contribution in [2.75, 3.05) is 0 Å². The van der Waals surface area contributed by atoms with Crippen LogP contribution >= 0.6 is 11.5 Å². The van der Waals surface area contributed by atoms with Crippen molar-refractivity contribution in [1.82, 2.24) is 9.69 Å². The third-order valence-corrected chi connectivity index (χ3v) is 4.45. The van der Waals surface area contributed by atoms with Gasteiger partial charge in [0.1, 0.15) is 6.29 Å². The number of rotatable bonds is 4. The van der Waals surface area contributed by atoms with E-state index in [1.165, 1.54) is 6.07 Å². The molecule has 120 valence electrons. The molecular weight excluding hydrogens is 324 g/mol. The highest BCUT2D eigenvalue weighted by atomic mass is 32.1. The number of hydrogen-bond acceptors (Lipinski definition) is 5. The Kier molecular flexibility index (Phi) is 4.48. The first kappa shape index (κ1) is 16.0. The predicted molar refractivity (Wildman–Crippen MR) is 93.6 cm³/mol. The standard InChI is InChI=1S/C18H14N2O3S/c1-11-2-4-12(5-3-11)9-19-18(23)16-17(22)14-8-13(10-21)6-7-15(14)24-20-16/h2-8,10H,9H2,1H3,(H,19,23). The minimum Gasteiger partial charge on any atom is -0.346 e. The number of carbonyl (C=O) groups excluding carboxylic acids is 2. The van der Waals surface area contributed by atoms with Crippen molar-refractivity contribution >= 4 is 33.8 Å². The van der Waals surface area contributed by atoms with Crippen molar-refractivity contribution in [2.24, 2.45) is 0 Å². The minimum absolute atomic E-state index is 0.150. The fourth-order valence-corrected chi connectivity index (χ4v) is 2.99. The Morgan fingerprint density at radius 3 is 2.67 bits per heavy atom. The van der Waals surface area contributed by atoms with Crippen LogP contribution in [0.15, 0.2) is 47.3 Å². The molecule has 0 aliphatic heterocycles. The maximum absolute atomic E-state index is 12.5. The Labute approximate surface area is 142 Å². The van der Waals surface area contributed by atoms with Crippen molar-refractivity contribution in [3.8, 4) is 0 Å². The highest BCUT2D eigenvalue weighted by Gasteiger charge is 2.15. The van der Waals surface area contributed by atoms with Crippen LogP contribution in [0.4, 0.5) is 0 Å². The van der Waals surface area contributed by atoms with Crippen molar-refractivity contribution in [3.63, 3.8) is 0 Å². The van der Waals surface area contributed by atoms with Gasteiger partial charge in [0, 0.05) is 17.5 Å². The molecule has 3 aromatic rings. The van der Waals surface area contributed by atoms with Crippen LogP contribution in [0.3, 0.4) is 0 Å². The van der Waals surface area contributed by atoms with Gasteiger partial charge in [0.25, 0.3) is 5.91 Å². The number of aldehydes is 1. The molecule has 5 nitrogen and oxygen atoms in total. The van der Waals surface area contributed by atoms with E-state index in [9.17, 15) is 14.4 Å².